The van der Waals surface area contributed by atoms with E-state index in [0.29, 0.717) is 12.3 Å². The quantitative estimate of drug-likeness (QED) is 0.776. The molecule has 3 rings (SSSR count). The van der Waals surface area contributed by atoms with Crippen molar-refractivity contribution in [1.29, 1.82) is 0 Å². The molecule has 2 saturated carbocycles. The molecule has 1 aromatic carbocycles. The van der Waals surface area contributed by atoms with Crippen molar-refractivity contribution in [2.75, 3.05) is 18.8 Å². The smallest absolute Gasteiger partial charge is 0.222 e. The Morgan fingerprint density at radius 1 is 1.10 bits per heavy atom. The van der Waals surface area contributed by atoms with Crippen LogP contribution in [0.5, 0.6) is 0 Å². The Morgan fingerprint density at radius 3 is 2.25 bits per heavy atom. The maximum atomic E-state index is 12.4. The van der Waals surface area contributed by atoms with Crippen LogP contribution >= 0.6 is 0 Å². The van der Waals surface area contributed by atoms with Crippen molar-refractivity contribution in [2.24, 2.45) is 11.8 Å². The highest BCUT2D eigenvalue weighted by molar-refractivity contribution is 5.76. The lowest BCUT2D eigenvalue weighted by Gasteiger charge is -2.22. The summed E-state index contributed by atoms with van der Waals surface area (Å²) in [6, 6.07) is 7.86. The SMILES string of the molecule is Nc1ccccc1CCC(=O)N(CC1CC1)CC1CC1. The molecule has 2 fully saturated rings. The van der Waals surface area contributed by atoms with Crippen molar-refractivity contribution >= 4 is 11.6 Å². The fourth-order valence-corrected chi connectivity index (χ4v) is 2.66. The molecule has 0 aromatic heterocycles. The van der Waals surface area contributed by atoms with Gasteiger partial charge in [0.25, 0.3) is 0 Å². The van der Waals surface area contributed by atoms with Crippen molar-refractivity contribution in [2.45, 2.75) is 38.5 Å². The van der Waals surface area contributed by atoms with Crippen LogP contribution in [0.15, 0.2) is 24.3 Å². The molecule has 0 spiro atoms. The lowest BCUT2D eigenvalue weighted by molar-refractivity contribution is -0.131. The molecule has 0 heterocycles. The van der Waals surface area contributed by atoms with Gasteiger partial charge in [-0.2, -0.15) is 0 Å². The van der Waals surface area contributed by atoms with Crippen LogP contribution in [-0.2, 0) is 11.2 Å². The Hall–Kier alpha value is -1.51. The second-order valence-electron chi connectivity index (χ2n) is 6.38. The second-order valence-corrected chi connectivity index (χ2v) is 6.38. The number of aryl methyl sites for hydroxylation is 1. The van der Waals surface area contributed by atoms with Gasteiger partial charge in [0.1, 0.15) is 0 Å². The lowest BCUT2D eigenvalue weighted by atomic mass is 10.1. The third-order valence-electron chi connectivity index (χ3n) is 4.37. The molecule has 20 heavy (non-hydrogen) atoms. The summed E-state index contributed by atoms with van der Waals surface area (Å²) in [7, 11) is 0. The Labute approximate surface area is 121 Å². The number of nitrogen functional groups attached to an aromatic ring is 1. The van der Waals surface area contributed by atoms with Gasteiger partial charge in [-0.05, 0) is 55.6 Å². The molecule has 1 aromatic rings. The maximum Gasteiger partial charge on any atom is 0.222 e. The summed E-state index contributed by atoms with van der Waals surface area (Å²) < 4.78 is 0. The van der Waals surface area contributed by atoms with Gasteiger partial charge in [0.05, 0.1) is 0 Å². The number of para-hydroxylation sites is 1. The van der Waals surface area contributed by atoms with Crippen LogP contribution in [0.3, 0.4) is 0 Å². The monoisotopic (exact) mass is 272 g/mol. The van der Waals surface area contributed by atoms with Crippen LogP contribution in [0, 0.1) is 11.8 Å². The number of hydrogen-bond acceptors (Lipinski definition) is 2. The van der Waals surface area contributed by atoms with E-state index in [-0.39, 0.29) is 0 Å². The number of nitrogens with two attached hydrogens (primary N) is 1. The molecule has 0 aliphatic heterocycles. The van der Waals surface area contributed by atoms with Gasteiger partial charge < -0.3 is 10.6 Å². The molecular formula is C17H24N2O. The molecule has 2 aliphatic carbocycles. The van der Waals surface area contributed by atoms with E-state index in [0.717, 1.165) is 42.6 Å². The predicted octanol–water partition coefficient (Wildman–Crippen LogP) is 2.85. The molecular weight excluding hydrogens is 248 g/mol. The Kier molecular flexibility index (Phi) is 3.95. The van der Waals surface area contributed by atoms with Crippen molar-refractivity contribution in [3.8, 4) is 0 Å². The third kappa shape index (κ3) is 3.75. The highest BCUT2D eigenvalue weighted by atomic mass is 16.2. The van der Waals surface area contributed by atoms with Crippen LogP contribution in [0.4, 0.5) is 5.69 Å². The van der Waals surface area contributed by atoms with Gasteiger partial charge in [-0.15, -0.1) is 0 Å². The Bertz CT molecular complexity index is 464. The largest absolute Gasteiger partial charge is 0.399 e. The molecule has 0 unspecified atom stereocenters. The molecule has 0 radical (unpaired) electrons. The summed E-state index contributed by atoms with van der Waals surface area (Å²) in [5, 5.41) is 0. The molecule has 2 N–H and O–H groups in total. The average molecular weight is 272 g/mol. The normalized spacial score (nSPS) is 18.0. The number of hydrogen-bond donors (Lipinski definition) is 1. The highest BCUT2D eigenvalue weighted by Crippen LogP contribution is 2.34. The number of carbonyl (C=O) groups excluding carboxylic acids is 1. The fraction of sp³-hybridized carbons (Fsp3) is 0.588. The van der Waals surface area contributed by atoms with Crippen LogP contribution in [0.25, 0.3) is 0 Å². The van der Waals surface area contributed by atoms with Crippen LogP contribution in [-0.4, -0.2) is 23.9 Å². The minimum Gasteiger partial charge on any atom is -0.399 e. The zero-order valence-corrected chi connectivity index (χ0v) is 12.1. The molecule has 0 saturated heterocycles. The molecule has 2 aliphatic rings. The summed E-state index contributed by atoms with van der Waals surface area (Å²) >= 11 is 0. The van der Waals surface area contributed by atoms with E-state index >= 15 is 0 Å². The highest BCUT2D eigenvalue weighted by Gasteiger charge is 2.31. The lowest BCUT2D eigenvalue weighted by Crippen LogP contribution is -2.34. The van der Waals surface area contributed by atoms with Crippen molar-refractivity contribution in [3.05, 3.63) is 29.8 Å². The van der Waals surface area contributed by atoms with Gasteiger partial charge in [-0.25, -0.2) is 0 Å². The van der Waals surface area contributed by atoms with Gasteiger partial charge in [-0.1, -0.05) is 18.2 Å². The standard InChI is InChI=1S/C17H24N2O/c18-16-4-2-1-3-15(16)9-10-17(20)19(11-13-5-6-13)12-14-7-8-14/h1-4,13-14H,5-12,18H2. The zero-order valence-electron chi connectivity index (χ0n) is 12.1. The Morgan fingerprint density at radius 2 is 1.70 bits per heavy atom. The van der Waals surface area contributed by atoms with Crippen LogP contribution < -0.4 is 5.73 Å². The third-order valence-corrected chi connectivity index (χ3v) is 4.37. The predicted molar refractivity (Wildman–Crippen MR) is 81.2 cm³/mol. The zero-order chi connectivity index (χ0) is 13.9. The Balaban J connectivity index is 1.53. The van der Waals surface area contributed by atoms with E-state index < -0.39 is 0 Å². The maximum absolute atomic E-state index is 12.4. The average Bonchev–Trinajstić information content (AvgIpc) is 3.32. The number of rotatable bonds is 7. The van der Waals surface area contributed by atoms with Crippen molar-refractivity contribution in [3.63, 3.8) is 0 Å². The van der Waals surface area contributed by atoms with Gasteiger partial charge in [-0.3, -0.25) is 4.79 Å². The van der Waals surface area contributed by atoms with E-state index in [4.69, 9.17) is 5.73 Å². The topological polar surface area (TPSA) is 46.3 Å². The molecule has 3 nitrogen and oxygen atoms in total. The minimum absolute atomic E-state index is 0.312. The molecule has 1 amide bonds. The minimum atomic E-state index is 0.312. The van der Waals surface area contributed by atoms with E-state index in [1.807, 2.05) is 24.3 Å². The molecule has 0 atom stereocenters. The van der Waals surface area contributed by atoms with Gasteiger partial charge in [0.2, 0.25) is 5.91 Å². The van der Waals surface area contributed by atoms with E-state index in [2.05, 4.69) is 4.90 Å². The fourth-order valence-electron chi connectivity index (χ4n) is 2.66. The van der Waals surface area contributed by atoms with Crippen molar-refractivity contribution in [1.82, 2.24) is 4.90 Å². The van der Waals surface area contributed by atoms with E-state index in [1.165, 1.54) is 25.7 Å². The number of carbonyl (C=O) groups is 1. The first kappa shape index (κ1) is 13.5. The van der Waals surface area contributed by atoms with Crippen LogP contribution in [0.1, 0.15) is 37.7 Å². The van der Waals surface area contributed by atoms with Gasteiger partial charge in [0, 0.05) is 25.2 Å². The summed E-state index contributed by atoms with van der Waals surface area (Å²) in [6.07, 6.45) is 6.57. The first-order chi connectivity index (χ1) is 9.72. The summed E-state index contributed by atoms with van der Waals surface area (Å²) in [6.45, 7) is 1.97. The summed E-state index contributed by atoms with van der Waals surface area (Å²) in [5.74, 6) is 1.87. The molecule has 0 bridgehead atoms. The summed E-state index contributed by atoms with van der Waals surface area (Å²) in [5.41, 5.74) is 7.84. The second kappa shape index (κ2) is 5.86. The first-order valence-corrected chi connectivity index (χ1v) is 7.83. The van der Waals surface area contributed by atoms with Crippen LogP contribution in [0.2, 0.25) is 0 Å². The van der Waals surface area contributed by atoms with E-state index in [1.54, 1.807) is 0 Å². The number of anilines is 1. The summed E-state index contributed by atoms with van der Waals surface area (Å²) in [4.78, 5) is 14.6. The molecule has 3 heteroatoms. The van der Waals surface area contributed by atoms with E-state index in [9.17, 15) is 4.79 Å². The van der Waals surface area contributed by atoms with Crippen molar-refractivity contribution < 1.29 is 4.79 Å². The number of amides is 1. The van der Waals surface area contributed by atoms with Gasteiger partial charge in [0.15, 0.2) is 0 Å². The number of benzene rings is 1. The number of nitrogens with zero attached hydrogens (tertiary/aromatic N) is 1. The van der Waals surface area contributed by atoms with Gasteiger partial charge >= 0.3 is 0 Å². The molecule has 108 valence electrons. The first-order valence-electron chi connectivity index (χ1n) is 7.83.